The van der Waals surface area contributed by atoms with E-state index in [2.05, 4.69) is 65.1 Å². The SMILES string of the molecule is CC1=CC(C)[C-]=C1.CC1=[C-]CC(C)=C1.C[Si](C)=[Zr+2]. The molecule has 18 heavy (non-hydrogen) atoms. The van der Waals surface area contributed by atoms with Crippen LogP contribution in [-0.4, -0.2) is 5.43 Å². The van der Waals surface area contributed by atoms with Gasteiger partial charge in [-0.15, -0.1) is 13.3 Å². The van der Waals surface area contributed by atoms with Crippen molar-refractivity contribution in [1.29, 1.82) is 0 Å². The van der Waals surface area contributed by atoms with Crippen molar-refractivity contribution in [3.05, 3.63) is 47.1 Å². The molecule has 2 rings (SSSR count). The molecular formula is C16H24SiZr. The molecule has 2 aliphatic carbocycles. The van der Waals surface area contributed by atoms with E-state index < -0.39 is 0 Å². The number of allylic oxidation sites excluding steroid dienone is 8. The van der Waals surface area contributed by atoms with E-state index in [1.54, 1.807) is 23.3 Å². The van der Waals surface area contributed by atoms with Crippen molar-refractivity contribution in [1.82, 2.24) is 0 Å². The fraction of sp³-hybridized carbons (Fsp3) is 0.500. The zero-order chi connectivity index (χ0) is 14.1. The van der Waals surface area contributed by atoms with Crippen molar-refractivity contribution in [3.63, 3.8) is 0 Å². The van der Waals surface area contributed by atoms with Gasteiger partial charge >= 0.3 is 41.9 Å². The average molecular weight is 336 g/mol. The number of rotatable bonds is 0. The summed E-state index contributed by atoms with van der Waals surface area (Å²) in [6, 6.07) is 0. The average Bonchev–Trinajstić information content (AvgIpc) is 2.76. The Morgan fingerprint density at radius 1 is 1.28 bits per heavy atom. The summed E-state index contributed by atoms with van der Waals surface area (Å²) in [7, 11) is 0. The first-order valence-electron chi connectivity index (χ1n) is 6.35. The molecule has 0 aromatic heterocycles. The summed E-state index contributed by atoms with van der Waals surface area (Å²) in [6.07, 6.45) is 13.8. The van der Waals surface area contributed by atoms with Crippen LogP contribution in [0.2, 0.25) is 13.1 Å². The molecule has 96 valence electrons. The van der Waals surface area contributed by atoms with E-state index in [9.17, 15) is 0 Å². The van der Waals surface area contributed by atoms with E-state index >= 15 is 0 Å². The van der Waals surface area contributed by atoms with Crippen molar-refractivity contribution in [2.75, 3.05) is 0 Å². The monoisotopic (exact) mass is 334 g/mol. The van der Waals surface area contributed by atoms with Gasteiger partial charge in [-0.05, 0) is 0 Å². The third-order valence-corrected chi connectivity index (χ3v) is 2.20. The maximum absolute atomic E-state index is 3.19. The van der Waals surface area contributed by atoms with Crippen molar-refractivity contribution < 1.29 is 23.3 Å². The fourth-order valence-electron chi connectivity index (χ4n) is 1.50. The Morgan fingerprint density at radius 3 is 1.94 bits per heavy atom. The van der Waals surface area contributed by atoms with Crippen LogP contribution >= 0.6 is 0 Å². The van der Waals surface area contributed by atoms with E-state index in [-0.39, 0.29) is 5.43 Å². The zero-order valence-corrected chi connectivity index (χ0v) is 16.0. The van der Waals surface area contributed by atoms with Gasteiger partial charge in [0.1, 0.15) is 0 Å². The van der Waals surface area contributed by atoms with Gasteiger partial charge < -0.3 is 0 Å². The molecule has 0 N–H and O–H groups in total. The minimum absolute atomic E-state index is 0.210. The van der Waals surface area contributed by atoms with Crippen LogP contribution in [-0.2, 0) is 23.3 Å². The van der Waals surface area contributed by atoms with Crippen molar-refractivity contribution in [2.24, 2.45) is 5.92 Å². The van der Waals surface area contributed by atoms with E-state index in [1.807, 2.05) is 6.08 Å². The molecule has 0 heterocycles. The van der Waals surface area contributed by atoms with Crippen LogP contribution in [0.3, 0.4) is 0 Å². The first kappa shape index (κ1) is 18.1. The molecule has 0 spiro atoms. The summed E-state index contributed by atoms with van der Waals surface area (Å²) >= 11 is 1.74. The second-order valence-electron chi connectivity index (χ2n) is 5.04. The molecule has 1 atom stereocenters. The summed E-state index contributed by atoms with van der Waals surface area (Å²) in [5.41, 5.74) is 4.27. The van der Waals surface area contributed by atoms with Crippen LogP contribution in [0.15, 0.2) is 34.9 Å². The van der Waals surface area contributed by atoms with Crippen molar-refractivity contribution in [2.45, 2.75) is 47.2 Å². The number of hydrogen-bond acceptors (Lipinski definition) is 0. The Hall–Kier alpha value is 0.0600. The summed E-state index contributed by atoms with van der Waals surface area (Å²) in [4.78, 5) is 0. The topological polar surface area (TPSA) is 0 Å². The molecule has 0 aromatic rings. The Bertz CT molecular complexity index is 393. The van der Waals surface area contributed by atoms with Crippen LogP contribution < -0.4 is 0 Å². The van der Waals surface area contributed by atoms with Gasteiger partial charge in [0.25, 0.3) is 0 Å². The molecule has 0 aromatic carbocycles. The predicted octanol–water partition coefficient (Wildman–Crippen LogP) is 4.81. The summed E-state index contributed by atoms with van der Waals surface area (Å²) < 4.78 is 0. The van der Waals surface area contributed by atoms with Gasteiger partial charge in [0.2, 0.25) is 0 Å². The van der Waals surface area contributed by atoms with Gasteiger partial charge in [-0.1, -0.05) is 26.7 Å². The molecule has 0 bridgehead atoms. The normalized spacial score (nSPS) is 20.0. The molecule has 0 amide bonds. The Balaban J connectivity index is 0.000000253. The summed E-state index contributed by atoms with van der Waals surface area (Å²) in [6.45, 7) is 13.1. The Labute approximate surface area is 128 Å². The van der Waals surface area contributed by atoms with Gasteiger partial charge in [-0.3, -0.25) is 12.2 Å². The van der Waals surface area contributed by atoms with E-state index in [4.69, 9.17) is 0 Å². The summed E-state index contributed by atoms with van der Waals surface area (Å²) in [5, 5.41) is 0. The minimum atomic E-state index is 0.210. The van der Waals surface area contributed by atoms with Crippen LogP contribution in [0, 0.1) is 18.1 Å². The molecule has 0 fully saturated rings. The van der Waals surface area contributed by atoms with E-state index in [0.717, 1.165) is 6.42 Å². The molecule has 0 aliphatic heterocycles. The Morgan fingerprint density at radius 2 is 1.83 bits per heavy atom. The van der Waals surface area contributed by atoms with Crippen molar-refractivity contribution >= 4 is 5.43 Å². The molecule has 1 unspecified atom stereocenters. The van der Waals surface area contributed by atoms with Crippen LogP contribution in [0.5, 0.6) is 0 Å². The quantitative estimate of drug-likeness (QED) is 0.440. The van der Waals surface area contributed by atoms with Crippen LogP contribution in [0.4, 0.5) is 0 Å². The van der Waals surface area contributed by atoms with Crippen molar-refractivity contribution in [3.8, 4) is 0 Å². The van der Waals surface area contributed by atoms with Gasteiger partial charge in [-0.2, -0.15) is 11.6 Å². The van der Waals surface area contributed by atoms with Gasteiger partial charge in [0, 0.05) is 0 Å². The second kappa shape index (κ2) is 9.92. The van der Waals surface area contributed by atoms with E-state index in [0.29, 0.717) is 5.92 Å². The predicted molar refractivity (Wildman–Crippen MR) is 79.0 cm³/mol. The second-order valence-corrected chi connectivity index (χ2v) is 14.4. The molecule has 2 aliphatic rings. The third-order valence-electron chi connectivity index (χ3n) is 2.20. The third kappa shape index (κ3) is 11.2. The first-order chi connectivity index (χ1) is 8.31. The van der Waals surface area contributed by atoms with Crippen LogP contribution in [0.1, 0.15) is 34.1 Å². The van der Waals surface area contributed by atoms with Gasteiger partial charge in [0.15, 0.2) is 0 Å². The van der Waals surface area contributed by atoms with Gasteiger partial charge in [-0.25, -0.2) is 23.3 Å². The standard InChI is InChI=1S/2C7H9.C2H6Si.Zr/c2*1-6-3-4-7(2)5-6;1-3-2;/h5H,3H2,1-2H3;3,5,7H,1-2H3;1-2H3;/q2*-1;;+2. The Kier molecular flexibility index (Phi) is 9.95. The zero-order valence-electron chi connectivity index (χ0n) is 12.5. The van der Waals surface area contributed by atoms with Crippen LogP contribution in [0.25, 0.3) is 0 Å². The first-order valence-corrected chi connectivity index (χ1v) is 12.5. The maximum atomic E-state index is 3.19. The molecule has 0 saturated heterocycles. The van der Waals surface area contributed by atoms with Gasteiger partial charge in [0.05, 0.1) is 0 Å². The number of hydrogen-bond donors (Lipinski definition) is 0. The molecule has 0 saturated carbocycles. The molecular weight excluding hydrogens is 311 g/mol. The summed E-state index contributed by atoms with van der Waals surface area (Å²) in [5.74, 6) is 0.556. The molecule has 2 heteroatoms. The van der Waals surface area contributed by atoms with E-state index in [1.165, 1.54) is 16.7 Å². The fourth-order valence-corrected chi connectivity index (χ4v) is 1.50. The molecule has 0 radical (unpaired) electrons. The molecule has 0 nitrogen and oxygen atoms in total.